The molecule has 58 heavy (non-hydrogen) atoms. The van der Waals surface area contributed by atoms with Gasteiger partial charge in [0.15, 0.2) is 0 Å². The van der Waals surface area contributed by atoms with Crippen LogP contribution in [0.1, 0.15) is 285 Å². The molecule has 0 heterocycles. The highest BCUT2D eigenvalue weighted by molar-refractivity contribution is 4.82. The summed E-state index contributed by atoms with van der Waals surface area (Å²) in [5, 5.41) is 0. The van der Waals surface area contributed by atoms with Crippen molar-refractivity contribution in [2.75, 3.05) is 20.1 Å². The smallest absolute Gasteiger partial charge is 0.00272 e. The fourth-order valence-corrected chi connectivity index (χ4v) is 7.75. The first-order chi connectivity index (χ1) is 24.9. The molecule has 0 aliphatic heterocycles. The van der Waals surface area contributed by atoms with Crippen LogP contribution in [0.2, 0.25) is 0 Å². The van der Waals surface area contributed by atoms with Crippen molar-refractivity contribution in [3.63, 3.8) is 0 Å². The molecule has 0 bridgehead atoms. The average molecular weight is 823 g/mol. The van der Waals surface area contributed by atoms with Crippen LogP contribution in [-0.2, 0) is 0 Å². The fraction of sp³-hybridized carbons (Fsp3) is 1.00. The van der Waals surface area contributed by atoms with Crippen LogP contribution >= 0.6 is 0 Å². The van der Waals surface area contributed by atoms with E-state index >= 15 is 0 Å². The van der Waals surface area contributed by atoms with Crippen LogP contribution in [0, 0.1) is 66.0 Å². The van der Waals surface area contributed by atoms with Gasteiger partial charge in [-0.15, -0.1) is 0 Å². The van der Waals surface area contributed by atoms with Crippen LogP contribution in [0.4, 0.5) is 0 Å². The van der Waals surface area contributed by atoms with E-state index in [-0.39, 0.29) is 0 Å². The molecule has 0 spiro atoms. The summed E-state index contributed by atoms with van der Waals surface area (Å²) in [7, 11) is 2.20. The lowest BCUT2D eigenvalue weighted by Crippen LogP contribution is -2.35. The molecule has 0 radical (unpaired) electrons. The second-order valence-corrected chi connectivity index (χ2v) is 31.2. The normalized spacial score (nSPS) is 14.2. The molecule has 0 saturated carbocycles. The second kappa shape index (κ2) is 25.9. The lowest BCUT2D eigenvalue weighted by atomic mass is 9.69. The van der Waals surface area contributed by atoms with Crippen LogP contribution in [0.15, 0.2) is 0 Å². The Hall–Kier alpha value is -0.0400. The molecule has 0 aromatic carbocycles. The van der Waals surface area contributed by atoms with Gasteiger partial charge in [-0.3, -0.25) is 0 Å². The topological polar surface area (TPSA) is 3.24 Å². The molecule has 0 aromatic rings. The van der Waals surface area contributed by atoms with E-state index < -0.39 is 0 Å². The van der Waals surface area contributed by atoms with Crippen LogP contribution < -0.4 is 0 Å². The third-order valence-electron chi connectivity index (χ3n) is 10.6. The Morgan fingerprint density at radius 2 is 0.500 bits per heavy atom. The molecule has 0 saturated heterocycles. The second-order valence-electron chi connectivity index (χ2n) is 31.2. The van der Waals surface area contributed by atoms with E-state index in [2.05, 4.69) is 220 Å². The summed E-state index contributed by atoms with van der Waals surface area (Å²) in [6.07, 6.45) is 16.3. The molecule has 0 N–H and O–H groups in total. The van der Waals surface area contributed by atoms with Gasteiger partial charge in [0.2, 0.25) is 0 Å². The molecule has 0 unspecified atom stereocenters. The predicted molar refractivity (Wildman–Crippen MR) is 274 cm³/mol. The maximum atomic E-state index is 2.54. The van der Waals surface area contributed by atoms with E-state index in [9.17, 15) is 0 Å². The summed E-state index contributed by atoms with van der Waals surface area (Å²) in [5.74, 6) is 1.75. The molecule has 0 rings (SSSR count). The van der Waals surface area contributed by atoms with Crippen LogP contribution in [0.5, 0.6) is 0 Å². The average Bonchev–Trinajstić information content (AvgIpc) is 2.87. The largest absolute Gasteiger partial charge is 0.305 e. The van der Waals surface area contributed by atoms with Gasteiger partial charge in [0, 0.05) is 13.1 Å². The molecular weight excluding hydrogens is 699 g/mol. The predicted octanol–water partition coefficient (Wildman–Crippen LogP) is 20.3. The molecular formula is C57H123N. The Kier molecular flexibility index (Phi) is 28.9. The van der Waals surface area contributed by atoms with E-state index in [1.807, 2.05) is 0 Å². The van der Waals surface area contributed by atoms with Gasteiger partial charge in [-0.25, -0.2) is 0 Å². The Morgan fingerprint density at radius 3 is 0.672 bits per heavy atom. The van der Waals surface area contributed by atoms with Crippen molar-refractivity contribution < 1.29 is 0 Å². The highest BCUT2D eigenvalue weighted by Crippen LogP contribution is 2.43. The minimum absolute atomic E-state index is 0.417. The van der Waals surface area contributed by atoms with Crippen molar-refractivity contribution in [1.29, 1.82) is 0 Å². The Bertz CT molecular complexity index is 848. The SMILES string of the molecule is CC(C)(C)CCC(C)(CCC(C)(C)C)CCC(C)(C)C.CC(CC(C)(C)C)CC(C)(C)C.CC(CCC(C)(C)C)CCC(C)(C)C.CN(CC(C)(C)C)CC(C)(C)C. The van der Waals surface area contributed by atoms with Crippen molar-refractivity contribution in [2.24, 2.45) is 66.0 Å². The van der Waals surface area contributed by atoms with E-state index in [1.54, 1.807) is 0 Å². The Labute approximate surface area is 374 Å². The molecule has 0 aliphatic carbocycles. The zero-order valence-electron chi connectivity index (χ0n) is 47.5. The summed E-state index contributed by atoms with van der Waals surface area (Å²) in [4.78, 5) is 2.42. The monoisotopic (exact) mass is 822 g/mol. The highest BCUT2D eigenvalue weighted by Gasteiger charge is 2.30. The summed E-state index contributed by atoms with van der Waals surface area (Å²) in [5.41, 5.74) is 4.75. The zero-order valence-corrected chi connectivity index (χ0v) is 47.5. The first-order valence-electron chi connectivity index (χ1n) is 24.6. The number of hydrogen-bond acceptors (Lipinski definition) is 1. The maximum Gasteiger partial charge on any atom is 0.00272 e. The molecule has 0 aliphatic rings. The lowest BCUT2D eigenvalue weighted by molar-refractivity contribution is 0.152. The van der Waals surface area contributed by atoms with Gasteiger partial charge in [-0.2, -0.15) is 0 Å². The Morgan fingerprint density at radius 1 is 0.276 bits per heavy atom. The van der Waals surface area contributed by atoms with Crippen LogP contribution in [0.3, 0.4) is 0 Å². The maximum absolute atomic E-state index is 2.54. The van der Waals surface area contributed by atoms with Crippen LogP contribution in [-0.4, -0.2) is 25.0 Å². The standard InChI is InChI=1S/C20H42.C14H30.C12H26.C11H25N/c1-17(2,3)11-14-20(10,15-12-18(4,5)6)16-13-19(7,8)9;1-12(8-10-13(2,3)4)9-11-14(5,6)7;1-10(8-11(2,3)4)9-12(5,6)7;1-10(2,3)8-12(7)9-11(4,5)6/h11-16H2,1-10H3;12H,8-11H2,1-7H3;10H,8-9H2,1-7H3;8-9H2,1-7H3. The van der Waals surface area contributed by atoms with Gasteiger partial charge < -0.3 is 4.90 Å². The van der Waals surface area contributed by atoms with E-state index in [0.29, 0.717) is 54.1 Å². The van der Waals surface area contributed by atoms with Gasteiger partial charge in [0.25, 0.3) is 0 Å². The molecule has 0 amide bonds. The molecule has 356 valence electrons. The fourth-order valence-electron chi connectivity index (χ4n) is 7.75. The summed E-state index contributed by atoms with van der Waals surface area (Å²) >= 11 is 0. The van der Waals surface area contributed by atoms with Crippen LogP contribution in [0.25, 0.3) is 0 Å². The third-order valence-corrected chi connectivity index (χ3v) is 10.6. The van der Waals surface area contributed by atoms with Gasteiger partial charge in [0.05, 0.1) is 0 Å². The van der Waals surface area contributed by atoms with Crippen molar-refractivity contribution in [3.8, 4) is 0 Å². The molecule has 0 atom stereocenters. The first kappa shape index (κ1) is 64.6. The van der Waals surface area contributed by atoms with Crippen molar-refractivity contribution in [1.82, 2.24) is 4.90 Å². The lowest BCUT2D eigenvalue weighted by Gasteiger charge is -2.37. The first-order valence-corrected chi connectivity index (χ1v) is 24.6. The minimum atomic E-state index is 0.417. The number of hydrogen-bond donors (Lipinski definition) is 0. The van der Waals surface area contributed by atoms with E-state index in [0.717, 1.165) is 11.8 Å². The number of nitrogens with zero attached hydrogens (tertiary/aromatic N) is 1. The minimum Gasteiger partial charge on any atom is -0.305 e. The summed E-state index contributed by atoms with van der Waals surface area (Å²) in [6, 6.07) is 0. The highest BCUT2D eigenvalue weighted by atomic mass is 15.1. The van der Waals surface area contributed by atoms with Crippen molar-refractivity contribution in [3.05, 3.63) is 0 Å². The van der Waals surface area contributed by atoms with E-state index in [1.165, 1.54) is 90.1 Å². The molecule has 0 aromatic heterocycles. The third kappa shape index (κ3) is 60.3. The van der Waals surface area contributed by atoms with Crippen molar-refractivity contribution in [2.45, 2.75) is 285 Å². The molecule has 1 nitrogen and oxygen atoms in total. The van der Waals surface area contributed by atoms with Gasteiger partial charge in [-0.1, -0.05) is 221 Å². The quantitative estimate of drug-likeness (QED) is 0.169. The van der Waals surface area contributed by atoms with E-state index in [4.69, 9.17) is 0 Å². The molecule has 0 fully saturated rings. The zero-order chi connectivity index (χ0) is 47.6. The van der Waals surface area contributed by atoms with Gasteiger partial charge >= 0.3 is 0 Å². The Balaban J connectivity index is -0.000000344. The number of rotatable bonds is 14. The van der Waals surface area contributed by atoms with Gasteiger partial charge in [-0.05, 0) is 137 Å². The van der Waals surface area contributed by atoms with Crippen molar-refractivity contribution >= 4 is 0 Å². The molecule has 1 heteroatoms. The summed E-state index contributed by atoms with van der Waals surface area (Å²) in [6.45, 7) is 72.7. The van der Waals surface area contributed by atoms with Gasteiger partial charge in [0.1, 0.15) is 0 Å². The summed E-state index contributed by atoms with van der Waals surface area (Å²) < 4.78 is 0.